The largest absolute Gasteiger partial charge is 0.352 e. The van der Waals surface area contributed by atoms with Crippen molar-refractivity contribution in [2.75, 3.05) is 11.5 Å². The summed E-state index contributed by atoms with van der Waals surface area (Å²) in [6, 6.07) is 5.78. The minimum atomic E-state index is -3.07. The summed E-state index contributed by atoms with van der Waals surface area (Å²) >= 11 is 12.4. The third kappa shape index (κ3) is 6.86. The average Bonchev–Trinajstić information content (AvgIpc) is 2.61. The SMILES string of the molecule is CCCCS(=O)(=O)CCCC(=O)NC(CC(C)C)C1(c2ccc(Cl)c(Cl)c2)CCC1. The molecule has 1 aliphatic rings. The van der Waals surface area contributed by atoms with Crippen molar-refractivity contribution in [1.29, 1.82) is 0 Å². The highest BCUT2D eigenvalue weighted by atomic mass is 35.5. The number of rotatable bonds is 12. The summed E-state index contributed by atoms with van der Waals surface area (Å²) in [5.41, 5.74) is 0.984. The maximum Gasteiger partial charge on any atom is 0.220 e. The molecule has 1 aliphatic carbocycles. The molecular weight excluding hydrogens is 441 g/mol. The van der Waals surface area contributed by atoms with Crippen LogP contribution in [0.3, 0.4) is 0 Å². The van der Waals surface area contributed by atoms with E-state index in [0.29, 0.717) is 28.8 Å². The second-order valence-electron chi connectivity index (χ2n) is 9.00. The van der Waals surface area contributed by atoms with Gasteiger partial charge in [-0.1, -0.05) is 62.9 Å². The van der Waals surface area contributed by atoms with E-state index in [9.17, 15) is 13.2 Å². The van der Waals surface area contributed by atoms with Gasteiger partial charge in [-0.3, -0.25) is 4.79 Å². The first-order chi connectivity index (χ1) is 14.1. The van der Waals surface area contributed by atoms with Gasteiger partial charge in [0.05, 0.1) is 21.6 Å². The zero-order chi connectivity index (χ0) is 22.4. The normalized spacial score (nSPS) is 16.9. The molecule has 1 saturated carbocycles. The molecular formula is C23H35Cl2NO3S. The van der Waals surface area contributed by atoms with E-state index in [2.05, 4.69) is 19.2 Å². The van der Waals surface area contributed by atoms with Gasteiger partial charge in [0.15, 0.2) is 0 Å². The molecule has 0 spiro atoms. The molecule has 0 saturated heterocycles. The van der Waals surface area contributed by atoms with Crippen molar-refractivity contribution in [2.24, 2.45) is 5.92 Å². The summed E-state index contributed by atoms with van der Waals surface area (Å²) in [6.45, 7) is 6.28. The minimum Gasteiger partial charge on any atom is -0.352 e. The number of sulfone groups is 1. The van der Waals surface area contributed by atoms with Gasteiger partial charge in [-0.05, 0) is 55.7 Å². The fraction of sp³-hybridized carbons (Fsp3) is 0.696. The number of halogens is 2. The predicted octanol–water partition coefficient (Wildman–Crippen LogP) is 5.94. The van der Waals surface area contributed by atoms with Gasteiger partial charge in [0.2, 0.25) is 5.91 Å². The van der Waals surface area contributed by atoms with Crippen molar-refractivity contribution in [1.82, 2.24) is 5.32 Å². The number of amides is 1. The van der Waals surface area contributed by atoms with Crippen LogP contribution in [0.5, 0.6) is 0 Å². The number of carbonyl (C=O) groups is 1. The molecule has 1 fully saturated rings. The zero-order valence-electron chi connectivity index (χ0n) is 18.3. The lowest BCUT2D eigenvalue weighted by Gasteiger charge is -2.49. The van der Waals surface area contributed by atoms with Gasteiger partial charge in [-0.15, -0.1) is 0 Å². The minimum absolute atomic E-state index is 0.00677. The summed E-state index contributed by atoms with van der Waals surface area (Å²) < 4.78 is 24.1. The smallest absolute Gasteiger partial charge is 0.220 e. The first-order valence-corrected chi connectivity index (χ1v) is 13.6. The summed E-state index contributed by atoms with van der Waals surface area (Å²) in [5, 5.41) is 4.31. The molecule has 0 radical (unpaired) electrons. The molecule has 0 heterocycles. The molecule has 0 bridgehead atoms. The Labute approximate surface area is 192 Å². The van der Waals surface area contributed by atoms with E-state index in [4.69, 9.17) is 23.2 Å². The molecule has 0 aliphatic heterocycles. The van der Waals surface area contributed by atoms with E-state index in [1.54, 1.807) is 0 Å². The van der Waals surface area contributed by atoms with Crippen LogP contribution in [0, 0.1) is 5.92 Å². The van der Waals surface area contributed by atoms with Crippen molar-refractivity contribution in [3.63, 3.8) is 0 Å². The van der Waals surface area contributed by atoms with Gasteiger partial charge in [0.25, 0.3) is 0 Å². The van der Waals surface area contributed by atoms with Gasteiger partial charge < -0.3 is 5.32 Å². The lowest BCUT2D eigenvalue weighted by Crippen LogP contribution is -2.55. The van der Waals surface area contributed by atoms with Gasteiger partial charge in [0, 0.05) is 17.9 Å². The molecule has 1 aromatic carbocycles. The van der Waals surface area contributed by atoms with Crippen LogP contribution < -0.4 is 5.32 Å². The third-order valence-electron chi connectivity index (χ3n) is 6.12. The molecule has 4 nitrogen and oxygen atoms in total. The highest BCUT2D eigenvalue weighted by Crippen LogP contribution is 2.49. The molecule has 1 amide bonds. The Balaban J connectivity index is 2.07. The van der Waals surface area contributed by atoms with Crippen LogP contribution in [-0.4, -0.2) is 31.9 Å². The fourth-order valence-electron chi connectivity index (χ4n) is 4.28. The number of carbonyl (C=O) groups excluding carboxylic acids is 1. The Hall–Kier alpha value is -0.780. The van der Waals surface area contributed by atoms with E-state index < -0.39 is 9.84 Å². The zero-order valence-corrected chi connectivity index (χ0v) is 20.7. The van der Waals surface area contributed by atoms with E-state index in [1.807, 2.05) is 25.1 Å². The number of benzene rings is 1. The van der Waals surface area contributed by atoms with Crippen molar-refractivity contribution >= 4 is 38.9 Å². The first-order valence-electron chi connectivity index (χ1n) is 11.0. The summed E-state index contributed by atoms with van der Waals surface area (Å²) in [5.74, 6) is 0.636. The van der Waals surface area contributed by atoms with Crippen LogP contribution in [-0.2, 0) is 20.0 Å². The maximum atomic E-state index is 12.7. The lowest BCUT2D eigenvalue weighted by molar-refractivity contribution is -0.122. The molecule has 2 rings (SSSR count). The van der Waals surface area contributed by atoms with Gasteiger partial charge in [0.1, 0.15) is 9.84 Å². The average molecular weight is 477 g/mol. The van der Waals surface area contributed by atoms with Gasteiger partial charge in [-0.25, -0.2) is 8.42 Å². The lowest BCUT2D eigenvalue weighted by atomic mass is 9.59. The Morgan fingerprint density at radius 3 is 2.33 bits per heavy atom. The quantitative estimate of drug-likeness (QED) is 0.406. The molecule has 7 heteroatoms. The number of unbranched alkanes of at least 4 members (excludes halogenated alkanes) is 1. The van der Waals surface area contributed by atoms with E-state index in [1.165, 1.54) is 0 Å². The topological polar surface area (TPSA) is 63.2 Å². The van der Waals surface area contributed by atoms with Crippen LogP contribution in [0.25, 0.3) is 0 Å². The van der Waals surface area contributed by atoms with E-state index in [-0.39, 0.29) is 35.3 Å². The Kier molecular flexibility index (Phi) is 9.51. The van der Waals surface area contributed by atoms with Crippen molar-refractivity contribution in [3.05, 3.63) is 33.8 Å². The van der Waals surface area contributed by atoms with Crippen molar-refractivity contribution in [3.8, 4) is 0 Å². The summed E-state index contributed by atoms with van der Waals surface area (Å²) in [7, 11) is -3.07. The molecule has 1 aromatic rings. The van der Waals surface area contributed by atoms with Gasteiger partial charge >= 0.3 is 0 Å². The van der Waals surface area contributed by atoms with Crippen LogP contribution in [0.15, 0.2) is 18.2 Å². The second kappa shape index (κ2) is 11.2. The van der Waals surface area contributed by atoms with Gasteiger partial charge in [-0.2, -0.15) is 0 Å². The Morgan fingerprint density at radius 1 is 1.13 bits per heavy atom. The monoisotopic (exact) mass is 475 g/mol. The predicted molar refractivity (Wildman–Crippen MR) is 126 cm³/mol. The highest BCUT2D eigenvalue weighted by molar-refractivity contribution is 7.91. The molecule has 170 valence electrons. The van der Waals surface area contributed by atoms with E-state index >= 15 is 0 Å². The highest BCUT2D eigenvalue weighted by Gasteiger charge is 2.46. The Bertz CT molecular complexity index is 820. The number of hydrogen-bond acceptors (Lipinski definition) is 3. The standard InChI is InChI=1S/C23H35Cl2NO3S/c1-4-5-13-30(28,29)14-6-8-22(27)26-21(15-17(2)3)23(11-7-12-23)18-9-10-19(24)20(25)16-18/h9-10,16-17,21H,4-8,11-15H2,1-3H3,(H,26,27). The maximum absolute atomic E-state index is 12.7. The van der Waals surface area contributed by atoms with Crippen molar-refractivity contribution in [2.45, 2.75) is 83.6 Å². The molecule has 1 atom stereocenters. The molecule has 1 N–H and O–H groups in total. The third-order valence-corrected chi connectivity index (χ3v) is 8.68. The van der Waals surface area contributed by atoms with Crippen LogP contribution in [0.4, 0.5) is 0 Å². The van der Waals surface area contributed by atoms with E-state index in [0.717, 1.165) is 37.7 Å². The van der Waals surface area contributed by atoms with Crippen LogP contribution in [0.2, 0.25) is 10.0 Å². The number of hydrogen-bond donors (Lipinski definition) is 1. The molecule has 1 unspecified atom stereocenters. The summed E-state index contributed by atoms with van der Waals surface area (Å²) in [4.78, 5) is 12.7. The molecule has 30 heavy (non-hydrogen) atoms. The fourth-order valence-corrected chi connectivity index (χ4v) is 6.10. The number of nitrogens with one attached hydrogen (secondary N) is 1. The summed E-state index contributed by atoms with van der Waals surface area (Å²) in [6.07, 6.45) is 6.09. The first kappa shape index (κ1) is 25.5. The Morgan fingerprint density at radius 2 is 1.80 bits per heavy atom. The van der Waals surface area contributed by atoms with Crippen LogP contribution in [0.1, 0.15) is 77.7 Å². The molecule has 0 aromatic heterocycles. The second-order valence-corrected chi connectivity index (χ2v) is 12.1. The van der Waals surface area contributed by atoms with Crippen molar-refractivity contribution < 1.29 is 13.2 Å². The van der Waals surface area contributed by atoms with Crippen LogP contribution >= 0.6 is 23.2 Å².